The first-order valence-electron chi connectivity index (χ1n) is 9.11. The SMILES string of the molecule is O=C(c1c[nH]c(=O)cc1O)N1CCCN(CCCc2ccccc2)CC1. The Bertz CT molecular complexity index is 788. The fraction of sp³-hybridized carbons (Fsp3) is 0.400. The Morgan fingerprint density at radius 3 is 2.69 bits per heavy atom. The highest BCUT2D eigenvalue weighted by molar-refractivity contribution is 5.96. The van der Waals surface area contributed by atoms with Crippen molar-refractivity contribution in [3.63, 3.8) is 0 Å². The monoisotopic (exact) mass is 355 g/mol. The lowest BCUT2D eigenvalue weighted by Gasteiger charge is -2.22. The molecular weight excluding hydrogens is 330 g/mol. The van der Waals surface area contributed by atoms with E-state index in [0.29, 0.717) is 13.1 Å². The molecule has 2 heterocycles. The van der Waals surface area contributed by atoms with Gasteiger partial charge in [-0.25, -0.2) is 0 Å². The summed E-state index contributed by atoms with van der Waals surface area (Å²) in [6, 6.07) is 11.5. The molecule has 1 aromatic carbocycles. The van der Waals surface area contributed by atoms with Gasteiger partial charge >= 0.3 is 0 Å². The Labute approximate surface area is 153 Å². The quantitative estimate of drug-likeness (QED) is 0.858. The van der Waals surface area contributed by atoms with Crippen LogP contribution in [0.3, 0.4) is 0 Å². The molecule has 0 spiro atoms. The largest absolute Gasteiger partial charge is 0.507 e. The summed E-state index contributed by atoms with van der Waals surface area (Å²) in [5.41, 5.74) is 1.09. The van der Waals surface area contributed by atoms with Crippen LogP contribution >= 0.6 is 0 Å². The molecule has 0 saturated carbocycles. The zero-order valence-electron chi connectivity index (χ0n) is 14.9. The topological polar surface area (TPSA) is 76.6 Å². The lowest BCUT2D eigenvalue weighted by Crippen LogP contribution is -2.35. The average molecular weight is 355 g/mol. The summed E-state index contributed by atoms with van der Waals surface area (Å²) in [4.78, 5) is 30.4. The smallest absolute Gasteiger partial charge is 0.259 e. The van der Waals surface area contributed by atoms with Gasteiger partial charge in [-0.05, 0) is 37.9 Å². The third-order valence-corrected chi connectivity index (χ3v) is 4.79. The molecule has 1 aromatic heterocycles. The van der Waals surface area contributed by atoms with Crippen LogP contribution in [0.15, 0.2) is 47.4 Å². The zero-order chi connectivity index (χ0) is 18.4. The van der Waals surface area contributed by atoms with Gasteiger partial charge in [0.25, 0.3) is 11.5 Å². The van der Waals surface area contributed by atoms with Crippen LogP contribution in [0.4, 0.5) is 0 Å². The summed E-state index contributed by atoms with van der Waals surface area (Å²) in [7, 11) is 0. The van der Waals surface area contributed by atoms with E-state index in [0.717, 1.165) is 45.0 Å². The molecule has 138 valence electrons. The summed E-state index contributed by atoms with van der Waals surface area (Å²) >= 11 is 0. The van der Waals surface area contributed by atoms with Crippen LogP contribution in [0.1, 0.15) is 28.8 Å². The zero-order valence-corrected chi connectivity index (χ0v) is 14.9. The highest BCUT2D eigenvalue weighted by Crippen LogP contribution is 2.16. The van der Waals surface area contributed by atoms with E-state index in [1.807, 2.05) is 6.07 Å². The molecule has 1 aliphatic heterocycles. The van der Waals surface area contributed by atoms with Gasteiger partial charge < -0.3 is 19.9 Å². The molecule has 1 amide bonds. The maximum atomic E-state index is 12.6. The Morgan fingerprint density at radius 2 is 1.92 bits per heavy atom. The summed E-state index contributed by atoms with van der Waals surface area (Å²) in [6.45, 7) is 4.09. The van der Waals surface area contributed by atoms with E-state index in [2.05, 4.69) is 34.1 Å². The maximum Gasteiger partial charge on any atom is 0.259 e. The number of H-pyrrole nitrogens is 1. The van der Waals surface area contributed by atoms with Crippen molar-refractivity contribution in [3.8, 4) is 5.75 Å². The number of nitrogens with one attached hydrogen (secondary N) is 1. The molecule has 6 heteroatoms. The second kappa shape index (κ2) is 8.67. The van der Waals surface area contributed by atoms with Crippen molar-refractivity contribution in [3.05, 3.63) is 64.1 Å². The molecule has 0 atom stereocenters. The van der Waals surface area contributed by atoms with Crippen molar-refractivity contribution >= 4 is 5.91 Å². The lowest BCUT2D eigenvalue weighted by molar-refractivity contribution is 0.0758. The number of aromatic amines is 1. The molecule has 0 radical (unpaired) electrons. The number of rotatable bonds is 5. The van der Waals surface area contributed by atoms with Gasteiger partial charge in [-0.2, -0.15) is 0 Å². The molecule has 3 rings (SSSR count). The first kappa shape index (κ1) is 18.2. The molecule has 0 bridgehead atoms. The molecule has 2 N–H and O–H groups in total. The number of aromatic hydroxyl groups is 1. The number of nitrogens with zero attached hydrogens (tertiary/aromatic N) is 2. The van der Waals surface area contributed by atoms with Crippen molar-refractivity contribution in [2.45, 2.75) is 19.3 Å². The molecule has 6 nitrogen and oxygen atoms in total. The fourth-order valence-corrected chi connectivity index (χ4v) is 3.35. The van der Waals surface area contributed by atoms with Crippen LogP contribution in [-0.4, -0.2) is 58.5 Å². The van der Waals surface area contributed by atoms with Gasteiger partial charge in [-0.3, -0.25) is 9.59 Å². The van der Waals surface area contributed by atoms with Crippen LogP contribution in [0, 0.1) is 0 Å². The van der Waals surface area contributed by atoms with E-state index in [1.54, 1.807) is 4.90 Å². The molecule has 0 aliphatic carbocycles. The van der Waals surface area contributed by atoms with Gasteiger partial charge in [0, 0.05) is 31.9 Å². The number of hydrogen-bond acceptors (Lipinski definition) is 4. The summed E-state index contributed by atoms with van der Waals surface area (Å²) in [5.74, 6) is -0.493. The van der Waals surface area contributed by atoms with Crippen molar-refractivity contribution in [1.29, 1.82) is 0 Å². The van der Waals surface area contributed by atoms with Gasteiger partial charge in [-0.1, -0.05) is 30.3 Å². The molecular formula is C20H25N3O3. The van der Waals surface area contributed by atoms with Crippen LogP contribution in [0.25, 0.3) is 0 Å². The first-order valence-corrected chi connectivity index (χ1v) is 9.11. The van der Waals surface area contributed by atoms with Crippen LogP contribution in [0.5, 0.6) is 5.75 Å². The minimum absolute atomic E-state index is 0.155. The number of amides is 1. The van der Waals surface area contributed by atoms with Crippen molar-refractivity contribution in [1.82, 2.24) is 14.8 Å². The van der Waals surface area contributed by atoms with Crippen LogP contribution < -0.4 is 5.56 Å². The minimum atomic E-state index is -0.417. The normalized spacial score (nSPS) is 15.6. The number of pyridine rings is 1. The van der Waals surface area contributed by atoms with Gasteiger partial charge in [0.05, 0.1) is 5.56 Å². The summed E-state index contributed by atoms with van der Waals surface area (Å²) in [5, 5.41) is 9.86. The molecule has 1 fully saturated rings. The molecule has 26 heavy (non-hydrogen) atoms. The Balaban J connectivity index is 1.51. The van der Waals surface area contributed by atoms with E-state index >= 15 is 0 Å². The highest BCUT2D eigenvalue weighted by atomic mass is 16.3. The highest BCUT2D eigenvalue weighted by Gasteiger charge is 2.22. The Morgan fingerprint density at radius 1 is 1.12 bits per heavy atom. The Hall–Kier alpha value is -2.60. The van der Waals surface area contributed by atoms with E-state index in [9.17, 15) is 14.7 Å². The van der Waals surface area contributed by atoms with Gasteiger partial charge in [0.1, 0.15) is 5.75 Å². The number of aryl methyl sites for hydroxylation is 1. The maximum absolute atomic E-state index is 12.6. The first-order chi connectivity index (χ1) is 12.6. The standard InChI is InChI=1S/C20H25N3O3/c24-18-14-19(25)21-15-17(18)20(26)23-11-5-10-22(12-13-23)9-4-8-16-6-2-1-3-7-16/h1-3,6-7,14-15H,4-5,8-13H2,(H2,21,24,25). The molecule has 0 unspecified atom stereocenters. The average Bonchev–Trinajstić information content (AvgIpc) is 2.88. The predicted octanol–water partition coefficient (Wildman–Crippen LogP) is 1.86. The minimum Gasteiger partial charge on any atom is -0.507 e. The van der Waals surface area contributed by atoms with Crippen molar-refractivity contribution in [2.75, 3.05) is 32.7 Å². The van der Waals surface area contributed by atoms with Gasteiger partial charge in [0.15, 0.2) is 0 Å². The number of carbonyl (C=O) groups excluding carboxylic acids is 1. The van der Waals surface area contributed by atoms with E-state index in [1.165, 1.54) is 11.8 Å². The van der Waals surface area contributed by atoms with Crippen LogP contribution in [0.2, 0.25) is 0 Å². The predicted molar refractivity (Wildman–Crippen MR) is 100 cm³/mol. The number of hydrogen-bond donors (Lipinski definition) is 2. The summed E-state index contributed by atoms with van der Waals surface area (Å²) in [6.07, 6.45) is 4.35. The van der Waals surface area contributed by atoms with Crippen LogP contribution in [-0.2, 0) is 6.42 Å². The molecule has 1 aliphatic rings. The fourth-order valence-electron chi connectivity index (χ4n) is 3.35. The van der Waals surface area contributed by atoms with Gasteiger partial charge in [0.2, 0.25) is 0 Å². The van der Waals surface area contributed by atoms with Crippen molar-refractivity contribution in [2.24, 2.45) is 0 Å². The summed E-state index contributed by atoms with van der Waals surface area (Å²) < 4.78 is 0. The number of aromatic nitrogens is 1. The molecule has 1 saturated heterocycles. The van der Waals surface area contributed by atoms with E-state index in [4.69, 9.17) is 0 Å². The molecule has 2 aromatic rings. The second-order valence-corrected chi connectivity index (χ2v) is 6.67. The third-order valence-electron chi connectivity index (χ3n) is 4.79. The van der Waals surface area contributed by atoms with Crippen molar-refractivity contribution < 1.29 is 9.90 Å². The number of carbonyl (C=O) groups is 1. The Kier molecular flexibility index (Phi) is 6.07. The van der Waals surface area contributed by atoms with Gasteiger partial charge in [-0.15, -0.1) is 0 Å². The lowest BCUT2D eigenvalue weighted by atomic mass is 10.1. The van der Waals surface area contributed by atoms with E-state index < -0.39 is 5.56 Å². The third kappa shape index (κ3) is 4.73. The second-order valence-electron chi connectivity index (χ2n) is 6.67. The number of benzene rings is 1. The van der Waals surface area contributed by atoms with E-state index in [-0.39, 0.29) is 17.2 Å².